The second-order valence-corrected chi connectivity index (χ2v) is 5.98. The molecule has 0 aromatic heterocycles. The topological polar surface area (TPSA) is 76.1 Å². The van der Waals surface area contributed by atoms with Gasteiger partial charge < -0.3 is 10.5 Å². The van der Waals surface area contributed by atoms with Crippen LogP contribution in [0.3, 0.4) is 0 Å². The summed E-state index contributed by atoms with van der Waals surface area (Å²) in [7, 11) is 0. The van der Waals surface area contributed by atoms with Gasteiger partial charge in [-0.3, -0.25) is 0 Å². The molecule has 0 saturated carbocycles. The van der Waals surface area contributed by atoms with Crippen molar-refractivity contribution in [3.8, 4) is 6.07 Å². The third-order valence-electron chi connectivity index (χ3n) is 3.90. The van der Waals surface area contributed by atoms with Gasteiger partial charge >= 0.3 is 6.09 Å². The Bertz CT molecular complexity index is 566. The zero-order chi connectivity index (χ0) is 14.3. The average molecular weight is 258 g/mol. The van der Waals surface area contributed by atoms with E-state index in [2.05, 4.69) is 6.07 Å². The summed E-state index contributed by atoms with van der Waals surface area (Å²) >= 11 is 0. The summed E-state index contributed by atoms with van der Waals surface area (Å²) in [5.74, 6) is 0. The number of fused-ring (bicyclic) bond motifs is 1. The molecule has 0 bridgehead atoms. The van der Waals surface area contributed by atoms with Gasteiger partial charge in [0.05, 0.1) is 11.6 Å². The Kier molecular flexibility index (Phi) is 3.01. The second kappa shape index (κ2) is 4.27. The minimum Gasteiger partial charge on any atom is -0.438 e. The van der Waals surface area contributed by atoms with Crippen molar-refractivity contribution in [2.45, 2.75) is 39.2 Å². The molecule has 4 nitrogen and oxygen atoms in total. The molecule has 2 rings (SSSR count). The number of benzene rings is 1. The summed E-state index contributed by atoms with van der Waals surface area (Å²) in [4.78, 5) is 11.3. The smallest absolute Gasteiger partial charge is 0.405 e. The van der Waals surface area contributed by atoms with Crippen molar-refractivity contribution in [1.29, 1.82) is 5.26 Å². The molecular weight excluding hydrogens is 240 g/mol. The molecular formula is C15H18N2O2. The third-order valence-corrected chi connectivity index (χ3v) is 3.90. The van der Waals surface area contributed by atoms with Gasteiger partial charge in [0.1, 0.15) is 5.60 Å². The summed E-state index contributed by atoms with van der Waals surface area (Å²) in [6, 6.07) is 7.64. The van der Waals surface area contributed by atoms with E-state index >= 15 is 0 Å². The lowest BCUT2D eigenvalue weighted by atomic mass is 9.72. The average Bonchev–Trinajstić information content (AvgIpc) is 2.67. The predicted molar refractivity (Wildman–Crippen MR) is 71.3 cm³/mol. The Morgan fingerprint density at radius 1 is 1.47 bits per heavy atom. The number of aryl methyl sites for hydroxylation is 1. The van der Waals surface area contributed by atoms with Gasteiger partial charge in [-0.25, -0.2) is 4.79 Å². The van der Waals surface area contributed by atoms with Crippen LogP contribution in [0.15, 0.2) is 18.2 Å². The number of hydrogen-bond acceptors (Lipinski definition) is 3. The first-order chi connectivity index (χ1) is 8.80. The maximum absolute atomic E-state index is 11.3. The number of nitrogens with two attached hydrogens (primary N) is 1. The molecule has 0 aliphatic heterocycles. The number of carbonyl (C=O) groups excluding carboxylic acids is 1. The summed E-state index contributed by atoms with van der Waals surface area (Å²) in [5, 5.41) is 8.95. The third kappa shape index (κ3) is 2.06. The SMILES string of the molecule is CC(C)(C)[C@]1(OC(N)=O)CCc2cc(C#N)ccc21. The van der Waals surface area contributed by atoms with Gasteiger partial charge in [-0.15, -0.1) is 0 Å². The number of hydrogen-bond donors (Lipinski definition) is 1. The lowest BCUT2D eigenvalue weighted by Crippen LogP contribution is -2.43. The van der Waals surface area contributed by atoms with Crippen molar-refractivity contribution < 1.29 is 9.53 Å². The highest BCUT2D eigenvalue weighted by Gasteiger charge is 2.50. The predicted octanol–water partition coefficient (Wildman–Crippen LogP) is 2.84. The van der Waals surface area contributed by atoms with Crippen LogP contribution in [0.1, 0.15) is 43.9 Å². The Hall–Kier alpha value is -2.02. The van der Waals surface area contributed by atoms with Crippen molar-refractivity contribution in [3.05, 3.63) is 34.9 Å². The van der Waals surface area contributed by atoms with E-state index in [1.165, 1.54) is 0 Å². The van der Waals surface area contributed by atoms with Gasteiger partial charge in [-0.1, -0.05) is 26.8 Å². The lowest BCUT2D eigenvalue weighted by Gasteiger charge is -2.41. The Labute approximate surface area is 113 Å². The van der Waals surface area contributed by atoms with Crippen molar-refractivity contribution in [1.82, 2.24) is 0 Å². The highest BCUT2D eigenvalue weighted by atomic mass is 16.6. The summed E-state index contributed by atoms with van der Waals surface area (Å²) in [5.41, 5.74) is 6.95. The molecule has 2 N–H and O–H groups in total. The number of ether oxygens (including phenoxy) is 1. The highest BCUT2D eigenvalue weighted by Crippen LogP contribution is 2.51. The van der Waals surface area contributed by atoms with Crippen LogP contribution in [-0.2, 0) is 16.8 Å². The molecule has 1 aromatic rings. The molecule has 100 valence electrons. The van der Waals surface area contributed by atoms with Gasteiger partial charge in [0.15, 0.2) is 0 Å². The maximum Gasteiger partial charge on any atom is 0.405 e. The van der Waals surface area contributed by atoms with Crippen molar-refractivity contribution >= 4 is 6.09 Å². The fourth-order valence-electron chi connectivity index (χ4n) is 2.92. The zero-order valence-corrected chi connectivity index (χ0v) is 11.5. The number of nitriles is 1. The summed E-state index contributed by atoms with van der Waals surface area (Å²) in [6.07, 6.45) is 0.728. The van der Waals surface area contributed by atoms with Crippen LogP contribution >= 0.6 is 0 Å². The molecule has 19 heavy (non-hydrogen) atoms. The summed E-state index contributed by atoms with van der Waals surface area (Å²) in [6.45, 7) is 6.09. The van der Waals surface area contributed by atoms with Gasteiger partial charge in [0.2, 0.25) is 0 Å². The molecule has 0 fully saturated rings. The van der Waals surface area contributed by atoms with Crippen LogP contribution in [0.5, 0.6) is 0 Å². The van der Waals surface area contributed by atoms with Crippen LogP contribution in [0.25, 0.3) is 0 Å². The van der Waals surface area contributed by atoms with Crippen LogP contribution in [0.2, 0.25) is 0 Å². The fraction of sp³-hybridized carbons (Fsp3) is 0.467. The monoisotopic (exact) mass is 258 g/mol. The molecule has 1 atom stereocenters. The largest absolute Gasteiger partial charge is 0.438 e. The molecule has 0 saturated heterocycles. The van der Waals surface area contributed by atoms with Crippen molar-refractivity contribution in [3.63, 3.8) is 0 Å². The van der Waals surface area contributed by atoms with E-state index in [1.807, 2.05) is 32.9 Å². The Morgan fingerprint density at radius 2 is 2.16 bits per heavy atom. The first-order valence-corrected chi connectivity index (χ1v) is 6.32. The fourth-order valence-corrected chi connectivity index (χ4v) is 2.92. The standard InChI is InChI=1S/C15H18N2O2/c1-14(2,3)15(19-13(17)18)7-6-11-8-10(9-16)4-5-12(11)15/h4-5,8H,6-7H2,1-3H3,(H2,17,18)/t15-/m0/s1. The molecule has 0 radical (unpaired) electrons. The van der Waals surface area contributed by atoms with Crippen molar-refractivity contribution in [2.75, 3.05) is 0 Å². The number of nitrogens with zero attached hydrogens (tertiary/aromatic N) is 1. The minimum atomic E-state index is -0.757. The zero-order valence-electron chi connectivity index (χ0n) is 11.5. The lowest BCUT2D eigenvalue weighted by molar-refractivity contribution is -0.0694. The normalized spacial score (nSPS) is 21.6. The number of rotatable bonds is 1. The molecule has 1 aliphatic rings. The first kappa shape index (κ1) is 13.4. The van der Waals surface area contributed by atoms with E-state index in [0.717, 1.165) is 17.5 Å². The molecule has 0 spiro atoms. The van der Waals surface area contributed by atoms with E-state index < -0.39 is 11.7 Å². The quantitative estimate of drug-likeness (QED) is 0.841. The van der Waals surface area contributed by atoms with E-state index in [4.69, 9.17) is 15.7 Å². The Balaban J connectivity index is 2.57. The molecule has 1 aromatic carbocycles. The highest BCUT2D eigenvalue weighted by molar-refractivity contribution is 5.66. The van der Waals surface area contributed by atoms with Crippen LogP contribution in [0.4, 0.5) is 4.79 Å². The number of carbonyl (C=O) groups is 1. The minimum absolute atomic E-state index is 0.262. The molecule has 1 amide bonds. The van der Waals surface area contributed by atoms with E-state index in [9.17, 15) is 4.79 Å². The number of primary amides is 1. The molecule has 0 unspecified atom stereocenters. The molecule has 4 heteroatoms. The summed E-state index contributed by atoms with van der Waals surface area (Å²) < 4.78 is 5.52. The van der Waals surface area contributed by atoms with E-state index in [0.29, 0.717) is 12.0 Å². The first-order valence-electron chi connectivity index (χ1n) is 6.32. The van der Waals surface area contributed by atoms with E-state index in [1.54, 1.807) is 6.07 Å². The van der Waals surface area contributed by atoms with Crippen LogP contribution < -0.4 is 5.73 Å². The van der Waals surface area contributed by atoms with Gasteiger partial charge in [-0.2, -0.15) is 5.26 Å². The number of amides is 1. The molecule has 1 aliphatic carbocycles. The van der Waals surface area contributed by atoms with Crippen LogP contribution in [0, 0.1) is 16.7 Å². The maximum atomic E-state index is 11.3. The van der Waals surface area contributed by atoms with E-state index in [-0.39, 0.29) is 5.41 Å². The van der Waals surface area contributed by atoms with Crippen LogP contribution in [-0.4, -0.2) is 6.09 Å². The van der Waals surface area contributed by atoms with Gasteiger partial charge in [0, 0.05) is 5.41 Å². The Morgan fingerprint density at radius 3 is 2.68 bits per heavy atom. The molecule has 0 heterocycles. The van der Waals surface area contributed by atoms with Gasteiger partial charge in [0.25, 0.3) is 0 Å². The van der Waals surface area contributed by atoms with Crippen molar-refractivity contribution in [2.24, 2.45) is 11.1 Å². The second-order valence-electron chi connectivity index (χ2n) is 5.98. The van der Waals surface area contributed by atoms with Gasteiger partial charge in [-0.05, 0) is 36.1 Å².